The third-order valence-electron chi connectivity index (χ3n) is 4.95. The molecule has 23 heavy (non-hydrogen) atoms. The van der Waals surface area contributed by atoms with Gasteiger partial charge in [-0.1, -0.05) is 6.07 Å². The quantitative estimate of drug-likeness (QED) is 0.901. The highest BCUT2D eigenvalue weighted by molar-refractivity contribution is 5.75. The van der Waals surface area contributed by atoms with Crippen molar-refractivity contribution in [2.45, 2.75) is 37.3 Å². The smallest absolute Gasteiger partial charge is 0.317 e. The minimum absolute atomic E-state index is 0.0742. The second-order valence-electron chi connectivity index (χ2n) is 6.89. The molecule has 2 saturated heterocycles. The molecule has 3 heterocycles. The van der Waals surface area contributed by atoms with E-state index in [1.165, 1.54) is 0 Å². The van der Waals surface area contributed by atoms with E-state index < -0.39 is 0 Å². The first kappa shape index (κ1) is 14.8. The van der Waals surface area contributed by atoms with Gasteiger partial charge in [0.2, 0.25) is 0 Å². The lowest BCUT2D eigenvalue weighted by atomic mass is 9.90. The van der Waals surface area contributed by atoms with Crippen molar-refractivity contribution in [3.05, 3.63) is 24.4 Å². The number of nitrogens with one attached hydrogen (secondary N) is 1. The number of hydrogen-bond acceptors (Lipinski definition) is 4. The number of ether oxygens (including phenoxy) is 1. The summed E-state index contributed by atoms with van der Waals surface area (Å²) in [6, 6.07) is 6.47. The highest BCUT2D eigenvalue weighted by atomic mass is 16.5. The van der Waals surface area contributed by atoms with Gasteiger partial charge in [0.15, 0.2) is 0 Å². The topological polar surface area (TPSA) is 57.7 Å². The van der Waals surface area contributed by atoms with Crippen molar-refractivity contribution in [2.75, 3.05) is 37.7 Å². The number of aromatic nitrogens is 1. The van der Waals surface area contributed by atoms with Crippen LogP contribution in [0.15, 0.2) is 24.4 Å². The Morgan fingerprint density at radius 1 is 1.30 bits per heavy atom. The first-order chi connectivity index (χ1) is 11.2. The van der Waals surface area contributed by atoms with Crippen LogP contribution in [0, 0.1) is 0 Å². The van der Waals surface area contributed by atoms with Crippen LogP contribution in [0.3, 0.4) is 0 Å². The van der Waals surface area contributed by atoms with E-state index in [0.717, 1.165) is 44.6 Å². The Kier molecular flexibility index (Phi) is 3.85. The van der Waals surface area contributed by atoms with Crippen LogP contribution in [0.4, 0.5) is 10.6 Å². The monoisotopic (exact) mass is 316 g/mol. The number of rotatable bonds is 2. The zero-order valence-corrected chi connectivity index (χ0v) is 13.4. The van der Waals surface area contributed by atoms with E-state index in [4.69, 9.17) is 4.74 Å². The van der Waals surface area contributed by atoms with Crippen LogP contribution < -0.4 is 10.2 Å². The van der Waals surface area contributed by atoms with Crippen molar-refractivity contribution in [1.82, 2.24) is 15.2 Å². The molecule has 1 N–H and O–H groups in total. The molecule has 3 aliphatic rings. The Morgan fingerprint density at radius 2 is 2.22 bits per heavy atom. The third kappa shape index (κ3) is 3.27. The standard InChI is InChI=1S/C17H24N4O2/c22-16(19-14-5-6-14)21-10-11-23-17(13-21)7-3-9-20(12-17)15-4-1-2-8-18-15/h1-2,4,8,14H,3,5-7,9-13H2,(H,19,22). The number of pyridine rings is 1. The summed E-state index contributed by atoms with van der Waals surface area (Å²) in [5.74, 6) is 0.995. The van der Waals surface area contributed by atoms with Gasteiger partial charge in [-0.15, -0.1) is 0 Å². The van der Waals surface area contributed by atoms with Crippen molar-refractivity contribution in [3.63, 3.8) is 0 Å². The van der Waals surface area contributed by atoms with Gasteiger partial charge in [0, 0.05) is 25.3 Å². The maximum Gasteiger partial charge on any atom is 0.317 e. The van der Waals surface area contributed by atoms with Crippen molar-refractivity contribution < 1.29 is 9.53 Å². The average Bonchev–Trinajstić information content (AvgIpc) is 3.40. The number of urea groups is 1. The Morgan fingerprint density at radius 3 is 3.00 bits per heavy atom. The van der Waals surface area contributed by atoms with E-state index in [0.29, 0.717) is 25.7 Å². The molecule has 1 atom stereocenters. The summed E-state index contributed by atoms with van der Waals surface area (Å²) in [5, 5.41) is 3.09. The van der Waals surface area contributed by atoms with Crippen LogP contribution in [0.25, 0.3) is 0 Å². The van der Waals surface area contributed by atoms with Crippen molar-refractivity contribution in [3.8, 4) is 0 Å². The minimum Gasteiger partial charge on any atom is -0.369 e. The number of carbonyl (C=O) groups excluding carboxylic acids is 1. The molecule has 0 bridgehead atoms. The molecule has 6 nitrogen and oxygen atoms in total. The van der Waals surface area contributed by atoms with Gasteiger partial charge >= 0.3 is 6.03 Å². The molecule has 1 aromatic rings. The van der Waals surface area contributed by atoms with Crippen molar-refractivity contribution in [1.29, 1.82) is 0 Å². The van der Waals surface area contributed by atoms with Crippen molar-refractivity contribution >= 4 is 11.8 Å². The summed E-state index contributed by atoms with van der Waals surface area (Å²) in [5.41, 5.74) is -0.255. The molecular formula is C17H24N4O2. The number of carbonyl (C=O) groups is 1. The van der Waals surface area contributed by atoms with Gasteiger partial charge in [0.1, 0.15) is 11.4 Å². The predicted octanol–water partition coefficient (Wildman–Crippen LogP) is 1.62. The second-order valence-corrected chi connectivity index (χ2v) is 6.89. The molecule has 2 amide bonds. The fraction of sp³-hybridized carbons (Fsp3) is 0.647. The molecule has 2 aliphatic heterocycles. The van der Waals surface area contributed by atoms with E-state index in [1.807, 2.05) is 29.3 Å². The van der Waals surface area contributed by atoms with E-state index in [1.54, 1.807) is 0 Å². The fourth-order valence-electron chi connectivity index (χ4n) is 3.59. The summed E-state index contributed by atoms with van der Waals surface area (Å²) >= 11 is 0. The number of amides is 2. The molecule has 1 spiro atoms. The van der Waals surface area contributed by atoms with Crippen LogP contribution in [0.2, 0.25) is 0 Å². The minimum atomic E-state index is -0.255. The fourth-order valence-corrected chi connectivity index (χ4v) is 3.59. The number of anilines is 1. The normalized spacial score (nSPS) is 28.0. The summed E-state index contributed by atoms with van der Waals surface area (Å²) in [6.45, 7) is 3.78. The molecule has 0 aromatic carbocycles. The summed E-state index contributed by atoms with van der Waals surface area (Å²) in [7, 11) is 0. The Labute approximate surface area is 136 Å². The van der Waals surface area contributed by atoms with Crippen LogP contribution in [-0.2, 0) is 4.74 Å². The first-order valence-electron chi connectivity index (χ1n) is 8.60. The summed E-state index contributed by atoms with van der Waals surface area (Å²) in [6.07, 6.45) is 6.13. The van der Waals surface area contributed by atoms with Gasteiger partial charge in [-0.05, 0) is 37.8 Å². The van der Waals surface area contributed by atoms with Crippen molar-refractivity contribution in [2.24, 2.45) is 0 Å². The molecule has 124 valence electrons. The predicted molar refractivity (Wildman–Crippen MR) is 87.5 cm³/mol. The lowest BCUT2D eigenvalue weighted by Crippen LogP contribution is -2.62. The van der Waals surface area contributed by atoms with Gasteiger partial charge in [0.05, 0.1) is 19.7 Å². The van der Waals surface area contributed by atoms with Gasteiger partial charge in [-0.2, -0.15) is 0 Å². The maximum atomic E-state index is 12.4. The molecule has 0 radical (unpaired) electrons. The van der Waals surface area contributed by atoms with E-state index in [-0.39, 0.29) is 11.6 Å². The van der Waals surface area contributed by atoms with Gasteiger partial charge < -0.3 is 19.9 Å². The Balaban J connectivity index is 1.44. The zero-order valence-electron chi connectivity index (χ0n) is 13.4. The SMILES string of the molecule is O=C(NC1CC1)N1CCOC2(CCCN(c3ccccn3)C2)C1. The molecular weight excluding hydrogens is 292 g/mol. The first-order valence-corrected chi connectivity index (χ1v) is 8.60. The molecule has 1 saturated carbocycles. The van der Waals surface area contributed by atoms with Gasteiger partial charge in [0.25, 0.3) is 0 Å². The van der Waals surface area contributed by atoms with Crippen LogP contribution >= 0.6 is 0 Å². The van der Waals surface area contributed by atoms with Crippen LogP contribution in [0.1, 0.15) is 25.7 Å². The molecule has 1 aromatic heterocycles. The highest BCUT2D eigenvalue weighted by Gasteiger charge is 2.42. The lowest BCUT2D eigenvalue weighted by molar-refractivity contribution is -0.103. The average molecular weight is 316 g/mol. The number of hydrogen-bond donors (Lipinski definition) is 1. The lowest BCUT2D eigenvalue weighted by Gasteiger charge is -2.48. The molecule has 1 aliphatic carbocycles. The molecule has 3 fully saturated rings. The van der Waals surface area contributed by atoms with Crippen LogP contribution in [0.5, 0.6) is 0 Å². The molecule has 6 heteroatoms. The highest BCUT2D eigenvalue weighted by Crippen LogP contribution is 2.31. The van der Waals surface area contributed by atoms with Crippen LogP contribution in [-0.4, -0.2) is 60.3 Å². The van der Waals surface area contributed by atoms with E-state index >= 15 is 0 Å². The van der Waals surface area contributed by atoms with E-state index in [9.17, 15) is 4.79 Å². The number of nitrogens with zero attached hydrogens (tertiary/aromatic N) is 3. The Hall–Kier alpha value is -1.82. The summed E-state index contributed by atoms with van der Waals surface area (Å²) in [4.78, 5) is 21.0. The number of morpholine rings is 1. The third-order valence-corrected chi connectivity index (χ3v) is 4.95. The van der Waals surface area contributed by atoms with Gasteiger partial charge in [-0.25, -0.2) is 9.78 Å². The zero-order chi connectivity index (χ0) is 15.7. The Bertz CT molecular complexity index is 559. The number of piperidine rings is 1. The second kappa shape index (κ2) is 6.00. The molecule has 1 unspecified atom stereocenters. The van der Waals surface area contributed by atoms with E-state index in [2.05, 4.69) is 15.2 Å². The maximum absolute atomic E-state index is 12.4. The van der Waals surface area contributed by atoms with Gasteiger partial charge in [-0.3, -0.25) is 0 Å². The summed E-state index contributed by atoms with van der Waals surface area (Å²) < 4.78 is 6.17. The largest absolute Gasteiger partial charge is 0.369 e. The molecule has 4 rings (SSSR count).